The standard InChI is InChI=1S/C28H41N7O/c1-3-14-31-27-24-12-11-23(19-25(24)32-28(29-2)33-27)35-18-13-22(21-35)20-30-15-7-4-6-10-26(36)34-16-8-5-9-17-34/h11-13,18-19,21,30H,3-10,14-17,20H2,1-2H3,(H2,29,31,32,33). The number of amides is 1. The Hall–Kier alpha value is -3.13. The third-order valence-corrected chi connectivity index (χ3v) is 6.78. The molecule has 1 fully saturated rings. The van der Waals surface area contributed by atoms with Crippen LogP contribution in [-0.2, 0) is 11.3 Å². The molecular formula is C28H41N7O. The fraction of sp³-hybridized carbons (Fsp3) is 0.536. The van der Waals surface area contributed by atoms with Crippen LogP contribution in [-0.4, -0.2) is 58.6 Å². The summed E-state index contributed by atoms with van der Waals surface area (Å²) in [5, 5.41) is 11.0. The lowest BCUT2D eigenvalue weighted by molar-refractivity contribution is -0.132. The van der Waals surface area contributed by atoms with Gasteiger partial charge in [-0.05, 0) is 74.9 Å². The maximum absolute atomic E-state index is 12.2. The van der Waals surface area contributed by atoms with Crippen LogP contribution in [0.25, 0.3) is 16.6 Å². The van der Waals surface area contributed by atoms with Crippen molar-refractivity contribution >= 4 is 28.6 Å². The zero-order valence-electron chi connectivity index (χ0n) is 21.9. The number of rotatable bonds is 13. The summed E-state index contributed by atoms with van der Waals surface area (Å²) in [7, 11) is 1.84. The molecule has 0 aliphatic carbocycles. The fourth-order valence-electron chi connectivity index (χ4n) is 4.71. The number of piperidine rings is 1. The van der Waals surface area contributed by atoms with E-state index in [1.165, 1.54) is 24.8 Å². The predicted molar refractivity (Wildman–Crippen MR) is 148 cm³/mol. The normalized spacial score (nSPS) is 13.8. The molecule has 0 saturated carbocycles. The Bertz CT molecular complexity index is 1120. The van der Waals surface area contributed by atoms with E-state index in [9.17, 15) is 4.79 Å². The van der Waals surface area contributed by atoms with Crippen LogP contribution in [0.2, 0.25) is 0 Å². The van der Waals surface area contributed by atoms with E-state index in [2.05, 4.69) is 79.0 Å². The summed E-state index contributed by atoms with van der Waals surface area (Å²) >= 11 is 0. The molecule has 0 unspecified atom stereocenters. The minimum absolute atomic E-state index is 0.347. The molecule has 3 aromatic rings. The first-order chi connectivity index (χ1) is 17.7. The molecule has 1 aliphatic heterocycles. The molecule has 8 heteroatoms. The van der Waals surface area contributed by atoms with Crippen LogP contribution < -0.4 is 16.0 Å². The van der Waals surface area contributed by atoms with Crippen molar-refractivity contribution in [3.63, 3.8) is 0 Å². The number of hydrogen-bond acceptors (Lipinski definition) is 6. The highest BCUT2D eigenvalue weighted by molar-refractivity contribution is 5.91. The molecule has 1 saturated heterocycles. The molecule has 8 nitrogen and oxygen atoms in total. The van der Waals surface area contributed by atoms with Crippen molar-refractivity contribution in [1.82, 2.24) is 24.8 Å². The average Bonchev–Trinajstić information content (AvgIpc) is 3.40. The topological polar surface area (TPSA) is 87.1 Å². The Kier molecular flexibility index (Phi) is 9.55. The lowest BCUT2D eigenvalue weighted by Crippen LogP contribution is -2.35. The summed E-state index contributed by atoms with van der Waals surface area (Å²) in [6, 6.07) is 8.47. The first-order valence-electron chi connectivity index (χ1n) is 13.6. The zero-order chi connectivity index (χ0) is 25.2. The Labute approximate surface area is 214 Å². The highest BCUT2D eigenvalue weighted by Crippen LogP contribution is 2.25. The average molecular weight is 492 g/mol. The summed E-state index contributed by atoms with van der Waals surface area (Å²) in [5.74, 6) is 1.83. The van der Waals surface area contributed by atoms with Crippen molar-refractivity contribution in [1.29, 1.82) is 0 Å². The summed E-state index contributed by atoms with van der Waals surface area (Å²) in [4.78, 5) is 23.6. The maximum Gasteiger partial charge on any atom is 0.224 e. The molecular weight excluding hydrogens is 450 g/mol. The molecule has 2 aromatic heterocycles. The summed E-state index contributed by atoms with van der Waals surface area (Å²) < 4.78 is 2.14. The van der Waals surface area contributed by atoms with Crippen molar-refractivity contribution in [3.8, 4) is 5.69 Å². The van der Waals surface area contributed by atoms with Gasteiger partial charge in [0.15, 0.2) is 0 Å². The number of nitrogens with one attached hydrogen (secondary N) is 3. The quantitative estimate of drug-likeness (QED) is 0.293. The van der Waals surface area contributed by atoms with Crippen LogP contribution in [0, 0.1) is 0 Å². The summed E-state index contributed by atoms with van der Waals surface area (Å²) in [6.07, 6.45) is 12.8. The lowest BCUT2D eigenvalue weighted by Gasteiger charge is -2.26. The zero-order valence-corrected chi connectivity index (χ0v) is 21.9. The van der Waals surface area contributed by atoms with Gasteiger partial charge < -0.3 is 25.4 Å². The SMILES string of the molecule is CCCNc1nc(NC)nc2cc(-n3ccc(CNCCCCCC(=O)N4CCCCC4)c3)ccc12. The van der Waals surface area contributed by atoms with Crippen molar-refractivity contribution in [3.05, 3.63) is 42.2 Å². The van der Waals surface area contributed by atoms with Gasteiger partial charge in [0, 0.05) is 63.1 Å². The molecule has 0 bridgehead atoms. The van der Waals surface area contributed by atoms with Gasteiger partial charge in [0.05, 0.1) is 5.52 Å². The van der Waals surface area contributed by atoms with E-state index in [0.29, 0.717) is 18.3 Å². The summed E-state index contributed by atoms with van der Waals surface area (Å²) in [5.41, 5.74) is 3.24. The first kappa shape index (κ1) is 25.9. The van der Waals surface area contributed by atoms with Gasteiger partial charge in [0.25, 0.3) is 0 Å². The van der Waals surface area contributed by atoms with Gasteiger partial charge in [-0.1, -0.05) is 13.3 Å². The number of aromatic nitrogens is 3. The lowest BCUT2D eigenvalue weighted by atomic mass is 10.1. The molecule has 36 heavy (non-hydrogen) atoms. The van der Waals surface area contributed by atoms with Crippen LogP contribution in [0.5, 0.6) is 0 Å². The van der Waals surface area contributed by atoms with Crippen LogP contribution in [0.3, 0.4) is 0 Å². The largest absolute Gasteiger partial charge is 0.369 e. The van der Waals surface area contributed by atoms with Gasteiger partial charge in [-0.2, -0.15) is 4.98 Å². The third-order valence-electron chi connectivity index (χ3n) is 6.78. The highest BCUT2D eigenvalue weighted by Gasteiger charge is 2.15. The van der Waals surface area contributed by atoms with Crippen molar-refractivity contribution in [2.45, 2.75) is 64.8 Å². The van der Waals surface area contributed by atoms with E-state index in [1.807, 2.05) is 7.05 Å². The Morgan fingerprint density at radius 2 is 1.89 bits per heavy atom. The van der Waals surface area contributed by atoms with Crippen LogP contribution >= 0.6 is 0 Å². The molecule has 1 aromatic carbocycles. The van der Waals surface area contributed by atoms with Gasteiger partial charge in [-0.25, -0.2) is 4.98 Å². The summed E-state index contributed by atoms with van der Waals surface area (Å²) in [6.45, 7) is 6.75. The van der Waals surface area contributed by atoms with Gasteiger partial charge in [0.1, 0.15) is 5.82 Å². The van der Waals surface area contributed by atoms with Gasteiger partial charge in [0.2, 0.25) is 11.9 Å². The maximum atomic E-state index is 12.2. The molecule has 3 N–H and O–H groups in total. The van der Waals surface area contributed by atoms with Crippen molar-refractivity contribution in [2.24, 2.45) is 0 Å². The minimum atomic E-state index is 0.347. The van der Waals surface area contributed by atoms with Gasteiger partial charge in [-0.3, -0.25) is 4.79 Å². The Morgan fingerprint density at radius 3 is 2.69 bits per heavy atom. The van der Waals surface area contributed by atoms with E-state index in [0.717, 1.165) is 80.8 Å². The molecule has 3 heterocycles. The number of carbonyl (C=O) groups excluding carboxylic acids is 1. The fourth-order valence-corrected chi connectivity index (χ4v) is 4.71. The third kappa shape index (κ3) is 6.97. The van der Waals surface area contributed by atoms with E-state index in [-0.39, 0.29) is 0 Å². The predicted octanol–water partition coefficient (Wildman–Crippen LogP) is 4.95. The monoisotopic (exact) mass is 491 g/mol. The number of carbonyl (C=O) groups is 1. The Balaban J connectivity index is 1.24. The van der Waals surface area contributed by atoms with Crippen LogP contribution in [0.1, 0.15) is 63.9 Å². The van der Waals surface area contributed by atoms with E-state index in [1.54, 1.807) is 0 Å². The van der Waals surface area contributed by atoms with Crippen molar-refractivity contribution < 1.29 is 4.79 Å². The van der Waals surface area contributed by atoms with Gasteiger partial charge >= 0.3 is 0 Å². The molecule has 0 spiro atoms. The highest BCUT2D eigenvalue weighted by atomic mass is 16.2. The molecule has 1 amide bonds. The second-order valence-corrected chi connectivity index (χ2v) is 9.63. The number of unbranched alkanes of at least 4 members (excludes halogenated alkanes) is 2. The first-order valence-corrected chi connectivity index (χ1v) is 13.6. The molecule has 4 rings (SSSR count). The number of nitrogens with zero attached hydrogens (tertiary/aromatic N) is 4. The number of fused-ring (bicyclic) bond motifs is 1. The van der Waals surface area contributed by atoms with Crippen LogP contribution in [0.4, 0.5) is 11.8 Å². The second kappa shape index (κ2) is 13.3. The second-order valence-electron chi connectivity index (χ2n) is 9.63. The van der Waals surface area contributed by atoms with Crippen LogP contribution in [0.15, 0.2) is 36.7 Å². The van der Waals surface area contributed by atoms with E-state index in [4.69, 9.17) is 0 Å². The van der Waals surface area contributed by atoms with E-state index >= 15 is 0 Å². The van der Waals surface area contributed by atoms with Gasteiger partial charge in [-0.15, -0.1) is 0 Å². The number of likely N-dealkylation sites (tertiary alicyclic amines) is 1. The molecule has 1 aliphatic rings. The smallest absolute Gasteiger partial charge is 0.224 e. The molecule has 0 atom stereocenters. The van der Waals surface area contributed by atoms with E-state index < -0.39 is 0 Å². The number of anilines is 2. The minimum Gasteiger partial charge on any atom is -0.369 e. The number of benzene rings is 1. The molecule has 0 radical (unpaired) electrons. The molecule has 194 valence electrons. The van der Waals surface area contributed by atoms with Crippen molar-refractivity contribution in [2.75, 3.05) is 43.9 Å². The number of hydrogen-bond donors (Lipinski definition) is 3. The Morgan fingerprint density at radius 1 is 1.03 bits per heavy atom.